The highest BCUT2D eigenvalue weighted by atomic mass is 16.7. The standard InChI is InChI=1S/C21H22O14/c1-32-21-18(35-20(31)8-4-11(25)15(28)12(26)5-8)17(16(29)13(6-22)33-21)34-19(30)7-2-9(23)14(27)10(24)3-7/h2-5,13,16-18,21-29H,6H2,1H3/t13-,16-,17+,18-,21+/m1/s1. The SMILES string of the molecule is CO[C@H]1O[C@H](CO)[C@@H](O)[C@H](OC(=O)c2cc(O)c(O)c(O)c2)[C@H]1OC(=O)c1cc(O)c(O)c(O)c1. The third-order valence-corrected chi connectivity index (χ3v) is 5.13. The van der Waals surface area contributed by atoms with Gasteiger partial charge in [0.1, 0.15) is 12.2 Å². The maximum atomic E-state index is 12.7. The van der Waals surface area contributed by atoms with Gasteiger partial charge in [-0.1, -0.05) is 0 Å². The van der Waals surface area contributed by atoms with Crippen LogP contribution in [0.5, 0.6) is 34.5 Å². The van der Waals surface area contributed by atoms with E-state index in [1.54, 1.807) is 0 Å². The van der Waals surface area contributed by atoms with E-state index in [1.165, 1.54) is 0 Å². The Kier molecular flexibility index (Phi) is 7.40. The van der Waals surface area contributed by atoms with Crippen LogP contribution in [0.15, 0.2) is 24.3 Å². The van der Waals surface area contributed by atoms with E-state index in [0.717, 1.165) is 31.4 Å². The summed E-state index contributed by atoms with van der Waals surface area (Å²) in [7, 11) is 1.13. The maximum absolute atomic E-state index is 12.7. The first-order chi connectivity index (χ1) is 16.5. The molecule has 2 aromatic rings. The Morgan fingerprint density at radius 3 is 1.57 bits per heavy atom. The normalized spacial score (nSPS) is 24.0. The molecule has 1 fully saturated rings. The fourth-order valence-corrected chi connectivity index (χ4v) is 3.32. The van der Waals surface area contributed by atoms with Gasteiger partial charge in [-0.25, -0.2) is 9.59 Å². The van der Waals surface area contributed by atoms with Gasteiger partial charge in [-0.15, -0.1) is 0 Å². The number of rotatable bonds is 6. The summed E-state index contributed by atoms with van der Waals surface area (Å²) in [6, 6.07) is 3.09. The number of aliphatic hydroxyl groups is 2. The minimum atomic E-state index is -1.77. The fraction of sp³-hybridized carbons (Fsp3) is 0.333. The Labute approximate surface area is 196 Å². The van der Waals surface area contributed by atoms with Gasteiger partial charge in [0.2, 0.25) is 0 Å². The highest BCUT2D eigenvalue weighted by Crippen LogP contribution is 2.37. The second-order valence-corrected chi connectivity index (χ2v) is 7.42. The van der Waals surface area contributed by atoms with Gasteiger partial charge in [-0.2, -0.15) is 0 Å². The molecular formula is C21H22O14. The summed E-state index contributed by atoms with van der Waals surface area (Å²) in [5.41, 5.74) is -0.894. The number of aromatic hydroxyl groups is 6. The monoisotopic (exact) mass is 498 g/mol. The number of benzene rings is 2. The predicted octanol–water partition coefficient (Wildman–Crippen LogP) is -0.604. The molecule has 0 saturated carbocycles. The zero-order chi connectivity index (χ0) is 26.0. The molecule has 14 heteroatoms. The number of aliphatic hydroxyl groups excluding tert-OH is 2. The molecular weight excluding hydrogens is 476 g/mol. The molecule has 1 heterocycles. The van der Waals surface area contributed by atoms with Crippen LogP contribution in [0, 0.1) is 0 Å². The van der Waals surface area contributed by atoms with E-state index < -0.39 is 94.9 Å². The van der Waals surface area contributed by atoms with E-state index in [9.17, 15) is 50.4 Å². The van der Waals surface area contributed by atoms with Gasteiger partial charge in [0, 0.05) is 7.11 Å². The summed E-state index contributed by atoms with van der Waals surface area (Å²) in [5, 5.41) is 77.6. The molecule has 0 bridgehead atoms. The third-order valence-electron chi connectivity index (χ3n) is 5.13. The lowest BCUT2D eigenvalue weighted by molar-refractivity contribution is -0.292. The van der Waals surface area contributed by atoms with E-state index >= 15 is 0 Å². The zero-order valence-electron chi connectivity index (χ0n) is 17.9. The molecule has 14 nitrogen and oxygen atoms in total. The molecule has 0 unspecified atom stereocenters. The van der Waals surface area contributed by atoms with Crippen molar-refractivity contribution in [3.05, 3.63) is 35.4 Å². The van der Waals surface area contributed by atoms with E-state index in [4.69, 9.17) is 18.9 Å². The van der Waals surface area contributed by atoms with Crippen LogP contribution in [-0.4, -0.2) is 97.2 Å². The largest absolute Gasteiger partial charge is 0.504 e. The quantitative estimate of drug-likeness (QED) is 0.183. The van der Waals surface area contributed by atoms with Gasteiger partial charge in [-0.05, 0) is 24.3 Å². The topological polar surface area (TPSA) is 233 Å². The summed E-state index contributed by atoms with van der Waals surface area (Å²) in [5.74, 6) is -7.60. The van der Waals surface area contributed by atoms with Crippen LogP contribution >= 0.6 is 0 Å². The Balaban J connectivity index is 1.93. The van der Waals surface area contributed by atoms with Gasteiger partial charge in [-0.3, -0.25) is 0 Å². The van der Waals surface area contributed by atoms with E-state index in [0.29, 0.717) is 0 Å². The molecule has 1 aliphatic rings. The molecule has 8 N–H and O–H groups in total. The number of carbonyl (C=O) groups excluding carboxylic acids is 2. The minimum absolute atomic E-state index is 0.440. The number of hydrogen-bond acceptors (Lipinski definition) is 14. The molecule has 190 valence electrons. The Bertz CT molecular complexity index is 1070. The molecule has 3 rings (SSSR count). The van der Waals surface area contributed by atoms with Gasteiger partial charge in [0.25, 0.3) is 0 Å². The van der Waals surface area contributed by atoms with Crippen LogP contribution in [0.4, 0.5) is 0 Å². The van der Waals surface area contributed by atoms with Crippen molar-refractivity contribution >= 4 is 11.9 Å². The third kappa shape index (κ3) is 5.09. The smallest absolute Gasteiger partial charge is 0.339 e. The van der Waals surface area contributed by atoms with Crippen molar-refractivity contribution < 1.29 is 69.4 Å². The van der Waals surface area contributed by atoms with Crippen LogP contribution in [0.1, 0.15) is 20.7 Å². The summed E-state index contributed by atoms with van der Waals surface area (Å²) in [4.78, 5) is 25.4. The van der Waals surface area contributed by atoms with Crippen LogP contribution in [-0.2, 0) is 18.9 Å². The van der Waals surface area contributed by atoms with Gasteiger partial charge in [0.05, 0.1) is 17.7 Å². The first kappa shape index (κ1) is 25.6. The molecule has 5 atom stereocenters. The highest BCUT2D eigenvalue weighted by molar-refractivity contribution is 5.92. The molecule has 2 aromatic carbocycles. The van der Waals surface area contributed by atoms with Crippen LogP contribution < -0.4 is 0 Å². The number of methoxy groups -OCH3 is 1. The first-order valence-electron chi connectivity index (χ1n) is 9.87. The van der Waals surface area contributed by atoms with Crippen molar-refractivity contribution in [3.8, 4) is 34.5 Å². The van der Waals surface area contributed by atoms with Crippen molar-refractivity contribution in [3.63, 3.8) is 0 Å². The average Bonchev–Trinajstić information content (AvgIpc) is 2.82. The van der Waals surface area contributed by atoms with E-state index in [1.807, 2.05) is 0 Å². The van der Waals surface area contributed by atoms with E-state index in [2.05, 4.69) is 0 Å². The van der Waals surface area contributed by atoms with Gasteiger partial charge in [0.15, 0.2) is 53.0 Å². The Morgan fingerprint density at radius 1 is 0.800 bits per heavy atom. The lowest BCUT2D eigenvalue weighted by Crippen LogP contribution is -2.61. The number of ether oxygens (including phenoxy) is 4. The molecule has 0 amide bonds. The van der Waals surface area contributed by atoms with Crippen molar-refractivity contribution in [1.29, 1.82) is 0 Å². The molecule has 35 heavy (non-hydrogen) atoms. The maximum Gasteiger partial charge on any atom is 0.339 e. The van der Waals surface area contributed by atoms with Gasteiger partial charge < -0.3 is 59.8 Å². The summed E-state index contributed by atoms with van der Waals surface area (Å²) >= 11 is 0. The number of phenols is 6. The number of esters is 2. The zero-order valence-corrected chi connectivity index (χ0v) is 17.9. The molecule has 0 radical (unpaired) electrons. The number of carbonyl (C=O) groups is 2. The lowest BCUT2D eigenvalue weighted by atomic mass is 9.98. The molecule has 0 spiro atoms. The summed E-state index contributed by atoms with van der Waals surface area (Å²) in [6.07, 6.45) is -8.02. The van der Waals surface area contributed by atoms with Crippen LogP contribution in [0.2, 0.25) is 0 Å². The predicted molar refractivity (Wildman–Crippen MR) is 110 cm³/mol. The second kappa shape index (κ2) is 10.1. The number of hydrogen-bond donors (Lipinski definition) is 8. The lowest BCUT2D eigenvalue weighted by Gasteiger charge is -2.42. The van der Waals surface area contributed by atoms with Crippen LogP contribution in [0.25, 0.3) is 0 Å². The summed E-state index contributed by atoms with van der Waals surface area (Å²) < 4.78 is 20.9. The second-order valence-electron chi connectivity index (χ2n) is 7.42. The first-order valence-corrected chi connectivity index (χ1v) is 9.87. The Hall–Kier alpha value is -3.98. The van der Waals surface area contributed by atoms with E-state index in [-0.39, 0.29) is 0 Å². The average molecular weight is 498 g/mol. The Morgan fingerprint density at radius 2 is 1.20 bits per heavy atom. The number of phenolic OH excluding ortho intramolecular Hbond substituents is 6. The fourth-order valence-electron chi connectivity index (χ4n) is 3.32. The minimum Gasteiger partial charge on any atom is -0.504 e. The van der Waals surface area contributed by atoms with Gasteiger partial charge >= 0.3 is 11.9 Å². The molecule has 1 aliphatic heterocycles. The van der Waals surface area contributed by atoms with Crippen molar-refractivity contribution in [2.75, 3.05) is 13.7 Å². The van der Waals surface area contributed by atoms with Crippen LogP contribution in [0.3, 0.4) is 0 Å². The van der Waals surface area contributed by atoms with Crippen molar-refractivity contribution in [2.45, 2.75) is 30.7 Å². The summed E-state index contributed by atoms with van der Waals surface area (Å²) in [6.45, 7) is -0.754. The molecule has 1 saturated heterocycles. The van der Waals surface area contributed by atoms with Crippen molar-refractivity contribution in [2.24, 2.45) is 0 Å². The highest BCUT2D eigenvalue weighted by Gasteiger charge is 2.50. The molecule has 0 aliphatic carbocycles. The van der Waals surface area contributed by atoms with Crippen molar-refractivity contribution in [1.82, 2.24) is 0 Å². The molecule has 0 aromatic heterocycles.